The highest BCUT2D eigenvalue weighted by Gasteiger charge is 2.19. The van der Waals surface area contributed by atoms with Gasteiger partial charge in [-0.05, 0) is 70.9 Å². The smallest absolute Gasteiger partial charge is 0.133 e. The minimum absolute atomic E-state index is 0.0443. The maximum Gasteiger partial charge on any atom is 0.133 e. The molecule has 1 unspecified atom stereocenters. The van der Waals surface area contributed by atoms with Gasteiger partial charge in [0, 0.05) is 9.75 Å². The third-order valence-corrected chi connectivity index (χ3v) is 5.79. The number of fused-ring (bicyclic) bond motifs is 1. The maximum atomic E-state index is 6.45. The molecule has 0 spiro atoms. The van der Waals surface area contributed by atoms with Gasteiger partial charge in [0.15, 0.2) is 0 Å². The van der Waals surface area contributed by atoms with Gasteiger partial charge in [0.1, 0.15) is 5.75 Å². The van der Waals surface area contributed by atoms with Crippen molar-refractivity contribution in [3.63, 3.8) is 0 Å². The molecule has 1 aromatic heterocycles. The van der Waals surface area contributed by atoms with Crippen molar-refractivity contribution in [1.29, 1.82) is 0 Å². The predicted octanol–water partition coefficient (Wildman–Crippen LogP) is 4.84. The van der Waals surface area contributed by atoms with Crippen LogP contribution in [0.5, 0.6) is 5.75 Å². The van der Waals surface area contributed by atoms with Gasteiger partial charge < -0.3 is 10.5 Å². The Labute approximate surface area is 138 Å². The van der Waals surface area contributed by atoms with Crippen molar-refractivity contribution in [2.24, 2.45) is 5.73 Å². The highest BCUT2D eigenvalue weighted by molar-refractivity contribution is 9.10. The van der Waals surface area contributed by atoms with E-state index < -0.39 is 0 Å². The van der Waals surface area contributed by atoms with Crippen LogP contribution in [0.15, 0.2) is 28.7 Å². The second kappa shape index (κ2) is 6.51. The molecule has 0 saturated carbocycles. The molecule has 3 rings (SSSR count). The van der Waals surface area contributed by atoms with Crippen molar-refractivity contribution in [3.8, 4) is 5.75 Å². The molecule has 2 N–H and O–H groups in total. The summed E-state index contributed by atoms with van der Waals surface area (Å²) in [4.78, 5) is 2.80. The van der Waals surface area contributed by atoms with Gasteiger partial charge in [-0.2, -0.15) is 0 Å². The van der Waals surface area contributed by atoms with Crippen molar-refractivity contribution < 1.29 is 4.74 Å². The second-order valence-corrected chi connectivity index (χ2v) is 7.49. The van der Waals surface area contributed by atoms with Gasteiger partial charge in [-0.25, -0.2) is 0 Å². The van der Waals surface area contributed by atoms with Crippen LogP contribution in [0.25, 0.3) is 0 Å². The van der Waals surface area contributed by atoms with Crippen LogP contribution >= 0.6 is 27.3 Å². The van der Waals surface area contributed by atoms with Gasteiger partial charge in [0.25, 0.3) is 0 Å². The van der Waals surface area contributed by atoms with Crippen molar-refractivity contribution in [1.82, 2.24) is 0 Å². The summed E-state index contributed by atoms with van der Waals surface area (Å²) in [6.07, 6.45) is 4.74. The van der Waals surface area contributed by atoms with Gasteiger partial charge >= 0.3 is 0 Å². The molecule has 1 heterocycles. The largest absolute Gasteiger partial charge is 0.492 e. The monoisotopic (exact) mass is 365 g/mol. The van der Waals surface area contributed by atoms with Crippen molar-refractivity contribution >= 4 is 27.3 Å². The molecule has 4 heteroatoms. The third-order valence-electron chi connectivity index (χ3n) is 3.85. The predicted molar refractivity (Wildman–Crippen MR) is 92.3 cm³/mol. The first-order chi connectivity index (χ1) is 10.2. The summed E-state index contributed by atoms with van der Waals surface area (Å²) in [7, 11) is 0. The maximum absolute atomic E-state index is 6.45. The lowest BCUT2D eigenvalue weighted by Crippen LogP contribution is -2.10. The Morgan fingerprint density at radius 3 is 2.90 bits per heavy atom. The van der Waals surface area contributed by atoms with Gasteiger partial charge in [-0.3, -0.25) is 0 Å². The van der Waals surface area contributed by atoms with E-state index in [0.717, 1.165) is 28.8 Å². The van der Waals surface area contributed by atoms with Crippen LogP contribution in [0.4, 0.5) is 0 Å². The zero-order valence-electron chi connectivity index (χ0n) is 12.2. The van der Waals surface area contributed by atoms with E-state index in [1.807, 2.05) is 17.4 Å². The van der Waals surface area contributed by atoms with E-state index in [9.17, 15) is 0 Å². The molecule has 0 saturated heterocycles. The van der Waals surface area contributed by atoms with E-state index in [4.69, 9.17) is 10.5 Å². The normalized spacial score (nSPS) is 15.0. The number of thiophene rings is 1. The van der Waals surface area contributed by atoms with E-state index in [1.165, 1.54) is 34.6 Å². The fourth-order valence-corrected chi connectivity index (χ4v) is 4.51. The molecule has 0 fully saturated rings. The van der Waals surface area contributed by atoms with E-state index in [2.05, 4.69) is 41.1 Å². The molecular weight excluding hydrogens is 346 g/mol. The fourth-order valence-electron chi connectivity index (χ4n) is 2.71. The fraction of sp³-hybridized carbons (Fsp3) is 0.412. The summed E-state index contributed by atoms with van der Waals surface area (Å²) in [6, 6.07) is 8.42. The number of hydrogen-bond acceptors (Lipinski definition) is 3. The van der Waals surface area contributed by atoms with Crippen LogP contribution < -0.4 is 10.5 Å². The molecule has 0 aliphatic heterocycles. The van der Waals surface area contributed by atoms with E-state index in [0.29, 0.717) is 0 Å². The Balaban J connectivity index is 1.80. The topological polar surface area (TPSA) is 35.2 Å². The molecule has 1 aromatic carbocycles. The van der Waals surface area contributed by atoms with Crippen molar-refractivity contribution in [2.75, 3.05) is 6.61 Å². The van der Waals surface area contributed by atoms with Crippen molar-refractivity contribution in [2.45, 2.75) is 38.6 Å². The molecule has 0 amide bonds. The Morgan fingerprint density at radius 1 is 1.33 bits per heavy atom. The molecule has 21 heavy (non-hydrogen) atoms. The Morgan fingerprint density at radius 2 is 2.19 bits per heavy atom. The SMILES string of the molecule is CCCOc1ccc(C(N)c2cc3c(s2)CCC3)cc1Br. The number of aryl methyl sites for hydroxylation is 2. The first kappa shape index (κ1) is 15.1. The molecule has 0 bridgehead atoms. The van der Waals surface area contributed by atoms with Crippen molar-refractivity contribution in [3.05, 3.63) is 49.6 Å². The van der Waals surface area contributed by atoms with Gasteiger partial charge in [-0.15, -0.1) is 11.3 Å². The zero-order valence-corrected chi connectivity index (χ0v) is 14.6. The van der Waals surface area contributed by atoms with E-state index in [1.54, 1.807) is 0 Å². The third kappa shape index (κ3) is 3.17. The zero-order chi connectivity index (χ0) is 14.8. The van der Waals surface area contributed by atoms with Crippen LogP contribution in [-0.2, 0) is 12.8 Å². The first-order valence-electron chi connectivity index (χ1n) is 7.48. The summed E-state index contributed by atoms with van der Waals surface area (Å²) in [5.74, 6) is 0.890. The molecule has 1 aliphatic rings. The number of nitrogens with two attached hydrogens (primary N) is 1. The number of benzene rings is 1. The average Bonchev–Trinajstić information content (AvgIpc) is 3.06. The summed E-state index contributed by atoms with van der Waals surface area (Å²) in [5, 5.41) is 0. The number of halogens is 1. The standard InChI is InChI=1S/C17H20BrNOS/c1-2-8-20-14-7-6-12(9-13(14)18)17(19)16-10-11-4-3-5-15(11)21-16/h6-7,9-10,17H,2-5,8,19H2,1H3. The Bertz CT molecular complexity index is 616. The molecule has 1 atom stereocenters. The Kier molecular flexibility index (Phi) is 4.67. The summed E-state index contributed by atoms with van der Waals surface area (Å²) < 4.78 is 6.67. The summed E-state index contributed by atoms with van der Waals surface area (Å²) in [6.45, 7) is 2.84. The number of ether oxygens (including phenoxy) is 1. The molecule has 2 nitrogen and oxygen atoms in total. The van der Waals surface area contributed by atoms with Crippen LogP contribution in [0.3, 0.4) is 0 Å². The number of hydrogen-bond donors (Lipinski definition) is 1. The van der Waals surface area contributed by atoms with E-state index >= 15 is 0 Å². The Hall–Kier alpha value is -0.840. The highest BCUT2D eigenvalue weighted by Crippen LogP contribution is 2.36. The lowest BCUT2D eigenvalue weighted by molar-refractivity contribution is 0.315. The minimum atomic E-state index is -0.0443. The van der Waals surface area contributed by atoms with Gasteiger partial charge in [0.2, 0.25) is 0 Å². The molecular formula is C17H20BrNOS. The number of rotatable bonds is 5. The lowest BCUT2D eigenvalue weighted by atomic mass is 10.1. The van der Waals surface area contributed by atoms with E-state index in [-0.39, 0.29) is 6.04 Å². The van der Waals surface area contributed by atoms with Crippen LogP contribution in [0.1, 0.15) is 46.7 Å². The minimum Gasteiger partial charge on any atom is -0.492 e. The highest BCUT2D eigenvalue weighted by atomic mass is 79.9. The summed E-state index contributed by atoms with van der Waals surface area (Å²) >= 11 is 5.46. The average molecular weight is 366 g/mol. The molecule has 0 radical (unpaired) electrons. The molecule has 1 aliphatic carbocycles. The first-order valence-corrected chi connectivity index (χ1v) is 9.09. The van der Waals surface area contributed by atoms with Gasteiger partial charge in [-0.1, -0.05) is 13.0 Å². The van der Waals surface area contributed by atoms with Crippen LogP contribution in [0, 0.1) is 0 Å². The van der Waals surface area contributed by atoms with Crippen LogP contribution in [-0.4, -0.2) is 6.61 Å². The molecule has 112 valence electrons. The quantitative estimate of drug-likeness (QED) is 0.822. The molecule has 2 aromatic rings. The summed E-state index contributed by atoms with van der Waals surface area (Å²) in [5.41, 5.74) is 9.08. The van der Waals surface area contributed by atoms with Crippen LogP contribution in [0.2, 0.25) is 0 Å². The lowest BCUT2D eigenvalue weighted by Gasteiger charge is -2.13. The van der Waals surface area contributed by atoms with Gasteiger partial charge in [0.05, 0.1) is 17.1 Å². The second-order valence-electron chi connectivity index (χ2n) is 5.47.